The number of hydrogen-bond donors (Lipinski definition) is 2. The first kappa shape index (κ1) is 17.7. The first-order valence-corrected chi connectivity index (χ1v) is 8.31. The van der Waals surface area contributed by atoms with Crippen molar-refractivity contribution >= 4 is 33.2 Å². The van der Waals surface area contributed by atoms with E-state index in [1.807, 2.05) is 6.92 Å². The molecule has 0 bridgehead atoms. The Morgan fingerprint density at radius 1 is 1.40 bits per heavy atom. The van der Waals surface area contributed by atoms with Crippen LogP contribution >= 0.6 is 23.2 Å². The van der Waals surface area contributed by atoms with Crippen molar-refractivity contribution in [2.45, 2.75) is 24.7 Å². The standard InChI is InChI=1S/C12H16Cl2FNO3S/c1-2-8(5-6-17)7-16-20(18,19)10-4-3-9(13)12(15)11(10)14/h3-4,8,16-17H,2,5-7H2,1H3. The molecule has 0 aliphatic carbocycles. The van der Waals surface area contributed by atoms with E-state index in [2.05, 4.69) is 4.72 Å². The van der Waals surface area contributed by atoms with Gasteiger partial charge >= 0.3 is 0 Å². The van der Waals surface area contributed by atoms with Crippen molar-refractivity contribution in [1.82, 2.24) is 4.72 Å². The van der Waals surface area contributed by atoms with Crippen LogP contribution in [0.25, 0.3) is 0 Å². The van der Waals surface area contributed by atoms with Crippen molar-refractivity contribution in [3.8, 4) is 0 Å². The van der Waals surface area contributed by atoms with Crippen LogP contribution in [0.4, 0.5) is 4.39 Å². The molecule has 8 heteroatoms. The summed E-state index contributed by atoms with van der Waals surface area (Å²) in [5.41, 5.74) is 0. The summed E-state index contributed by atoms with van der Waals surface area (Å²) in [5, 5.41) is 8.10. The molecule has 0 radical (unpaired) electrons. The van der Waals surface area contributed by atoms with Gasteiger partial charge in [-0.3, -0.25) is 0 Å². The van der Waals surface area contributed by atoms with Gasteiger partial charge in [0.1, 0.15) is 4.90 Å². The molecule has 0 aromatic heterocycles. The largest absolute Gasteiger partial charge is 0.396 e. The third kappa shape index (κ3) is 4.30. The van der Waals surface area contributed by atoms with Crippen LogP contribution in [0.1, 0.15) is 19.8 Å². The summed E-state index contributed by atoms with van der Waals surface area (Å²) in [4.78, 5) is -0.347. The molecular formula is C12H16Cl2FNO3S. The molecule has 0 saturated heterocycles. The summed E-state index contributed by atoms with van der Waals surface area (Å²) < 4.78 is 40.0. The van der Waals surface area contributed by atoms with E-state index in [4.69, 9.17) is 28.3 Å². The van der Waals surface area contributed by atoms with E-state index >= 15 is 0 Å². The zero-order chi connectivity index (χ0) is 15.3. The van der Waals surface area contributed by atoms with Gasteiger partial charge in [-0.1, -0.05) is 36.5 Å². The van der Waals surface area contributed by atoms with Gasteiger partial charge < -0.3 is 5.11 Å². The third-order valence-electron chi connectivity index (χ3n) is 2.97. The second-order valence-corrected chi connectivity index (χ2v) is 6.83. The maximum Gasteiger partial charge on any atom is 0.242 e. The van der Waals surface area contributed by atoms with Gasteiger partial charge in [-0.25, -0.2) is 17.5 Å². The van der Waals surface area contributed by atoms with Crippen LogP contribution in [0.2, 0.25) is 10.0 Å². The molecule has 1 aromatic rings. The lowest BCUT2D eigenvalue weighted by Crippen LogP contribution is -2.30. The maximum absolute atomic E-state index is 13.5. The summed E-state index contributed by atoms with van der Waals surface area (Å²) in [6, 6.07) is 2.30. The molecule has 0 heterocycles. The van der Waals surface area contributed by atoms with E-state index in [-0.39, 0.29) is 29.0 Å². The fourth-order valence-electron chi connectivity index (χ4n) is 1.65. The van der Waals surface area contributed by atoms with Gasteiger partial charge in [0.05, 0.1) is 10.0 Å². The topological polar surface area (TPSA) is 66.4 Å². The van der Waals surface area contributed by atoms with E-state index in [0.717, 1.165) is 12.1 Å². The summed E-state index contributed by atoms with van der Waals surface area (Å²) in [7, 11) is -3.92. The molecule has 1 atom stereocenters. The maximum atomic E-state index is 13.5. The van der Waals surface area contributed by atoms with Crippen LogP contribution in [0.15, 0.2) is 17.0 Å². The lowest BCUT2D eigenvalue weighted by atomic mass is 10.0. The highest BCUT2D eigenvalue weighted by Gasteiger charge is 2.22. The smallest absolute Gasteiger partial charge is 0.242 e. The summed E-state index contributed by atoms with van der Waals surface area (Å²) >= 11 is 11.2. The van der Waals surface area contributed by atoms with E-state index in [0.29, 0.717) is 12.8 Å². The number of aliphatic hydroxyl groups excluding tert-OH is 1. The van der Waals surface area contributed by atoms with Gasteiger partial charge in [0, 0.05) is 13.2 Å². The molecular weight excluding hydrogens is 328 g/mol. The predicted molar refractivity (Wildman–Crippen MR) is 77.1 cm³/mol. The highest BCUT2D eigenvalue weighted by atomic mass is 35.5. The first-order chi connectivity index (χ1) is 9.33. The lowest BCUT2D eigenvalue weighted by molar-refractivity contribution is 0.254. The summed E-state index contributed by atoms with van der Waals surface area (Å²) in [5.74, 6) is -0.954. The number of halogens is 3. The average Bonchev–Trinajstić information content (AvgIpc) is 2.40. The molecule has 0 spiro atoms. The monoisotopic (exact) mass is 343 g/mol. The Morgan fingerprint density at radius 3 is 2.60 bits per heavy atom. The molecule has 20 heavy (non-hydrogen) atoms. The van der Waals surface area contributed by atoms with Crippen LogP contribution in [0, 0.1) is 11.7 Å². The molecule has 0 amide bonds. The molecule has 0 aliphatic rings. The Bertz CT molecular complexity index is 566. The van der Waals surface area contributed by atoms with Crippen molar-refractivity contribution in [3.05, 3.63) is 28.0 Å². The summed E-state index contributed by atoms with van der Waals surface area (Å²) in [6.07, 6.45) is 1.20. The molecule has 1 rings (SSSR count). The van der Waals surface area contributed by atoms with Crippen LogP contribution in [0.3, 0.4) is 0 Å². The highest BCUT2D eigenvalue weighted by molar-refractivity contribution is 7.89. The van der Waals surface area contributed by atoms with Crippen molar-refractivity contribution in [2.24, 2.45) is 5.92 Å². The molecule has 114 valence electrons. The molecule has 1 aromatic carbocycles. The van der Waals surface area contributed by atoms with Crippen molar-refractivity contribution in [1.29, 1.82) is 0 Å². The molecule has 2 N–H and O–H groups in total. The number of aliphatic hydroxyl groups is 1. The van der Waals surface area contributed by atoms with E-state index in [9.17, 15) is 12.8 Å². The van der Waals surface area contributed by atoms with E-state index in [1.54, 1.807) is 0 Å². The minimum Gasteiger partial charge on any atom is -0.396 e. The van der Waals surface area contributed by atoms with Crippen molar-refractivity contribution in [2.75, 3.05) is 13.2 Å². The van der Waals surface area contributed by atoms with Gasteiger partial charge in [0.2, 0.25) is 10.0 Å². The fourth-order valence-corrected chi connectivity index (χ4v) is 3.51. The predicted octanol–water partition coefficient (Wildman–Crippen LogP) is 2.82. The fraction of sp³-hybridized carbons (Fsp3) is 0.500. The average molecular weight is 344 g/mol. The Hall–Kier alpha value is -0.400. The Kier molecular flexibility index (Phi) is 6.68. The van der Waals surface area contributed by atoms with Crippen LogP contribution in [-0.2, 0) is 10.0 Å². The van der Waals surface area contributed by atoms with Gasteiger partial charge in [-0.05, 0) is 24.5 Å². The molecule has 4 nitrogen and oxygen atoms in total. The first-order valence-electron chi connectivity index (χ1n) is 6.07. The van der Waals surface area contributed by atoms with Crippen LogP contribution < -0.4 is 4.72 Å². The van der Waals surface area contributed by atoms with Gasteiger partial charge in [0.15, 0.2) is 5.82 Å². The van der Waals surface area contributed by atoms with E-state index < -0.39 is 20.9 Å². The number of sulfonamides is 1. The second kappa shape index (κ2) is 7.56. The van der Waals surface area contributed by atoms with Crippen LogP contribution in [-0.4, -0.2) is 26.7 Å². The van der Waals surface area contributed by atoms with Gasteiger partial charge in [-0.15, -0.1) is 0 Å². The Balaban J connectivity index is 2.92. The lowest BCUT2D eigenvalue weighted by Gasteiger charge is -2.15. The van der Waals surface area contributed by atoms with Crippen molar-refractivity contribution in [3.63, 3.8) is 0 Å². The Morgan fingerprint density at radius 2 is 2.05 bits per heavy atom. The van der Waals surface area contributed by atoms with Crippen molar-refractivity contribution < 1.29 is 17.9 Å². The minimum absolute atomic E-state index is 0.00528. The SMILES string of the molecule is CCC(CCO)CNS(=O)(=O)c1ccc(Cl)c(F)c1Cl. The van der Waals surface area contributed by atoms with Gasteiger partial charge in [0.25, 0.3) is 0 Å². The number of benzene rings is 1. The third-order valence-corrected chi connectivity index (χ3v) is 5.21. The minimum atomic E-state index is -3.92. The second-order valence-electron chi connectivity index (χ2n) is 4.31. The molecule has 0 fully saturated rings. The number of hydrogen-bond acceptors (Lipinski definition) is 3. The molecule has 1 unspecified atom stereocenters. The zero-order valence-electron chi connectivity index (χ0n) is 10.9. The number of rotatable bonds is 7. The van der Waals surface area contributed by atoms with Gasteiger partial charge in [-0.2, -0.15) is 0 Å². The van der Waals surface area contributed by atoms with Crippen LogP contribution in [0.5, 0.6) is 0 Å². The summed E-state index contributed by atoms with van der Waals surface area (Å²) in [6.45, 7) is 2.03. The molecule has 0 saturated carbocycles. The normalized spacial score (nSPS) is 13.4. The molecule has 0 aliphatic heterocycles. The highest BCUT2D eigenvalue weighted by Crippen LogP contribution is 2.29. The zero-order valence-corrected chi connectivity index (χ0v) is 13.2. The number of nitrogens with one attached hydrogen (secondary N) is 1. The Labute approximate surface area is 127 Å². The quantitative estimate of drug-likeness (QED) is 0.748. The van der Waals surface area contributed by atoms with E-state index in [1.165, 1.54) is 0 Å².